The largest absolute Gasteiger partial charge is 0.331 e. The molecule has 0 amide bonds. The fourth-order valence-electron chi connectivity index (χ4n) is 2.62. The van der Waals surface area contributed by atoms with E-state index in [9.17, 15) is 0 Å². The van der Waals surface area contributed by atoms with Crippen LogP contribution in [0.3, 0.4) is 0 Å². The van der Waals surface area contributed by atoms with E-state index in [1.54, 1.807) is 18.3 Å². The summed E-state index contributed by atoms with van der Waals surface area (Å²) in [6, 6.07) is 21.5. The van der Waals surface area contributed by atoms with Crippen molar-refractivity contribution in [2.24, 2.45) is 5.10 Å². The van der Waals surface area contributed by atoms with Crippen molar-refractivity contribution in [1.82, 2.24) is 15.6 Å². The number of fused-ring (bicyclic) bond motifs is 1. The summed E-state index contributed by atoms with van der Waals surface area (Å²) in [6.45, 7) is 0. The summed E-state index contributed by atoms with van der Waals surface area (Å²) in [4.78, 5) is 0. The smallest absolute Gasteiger partial charge is 0.210 e. The third-order valence-electron chi connectivity index (χ3n) is 3.92. The lowest BCUT2D eigenvalue weighted by Crippen LogP contribution is -2.23. The number of halogens is 1. The average molecular weight is 439 g/mol. The lowest BCUT2D eigenvalue weighted by molar-refractivity contribution is 1.04. The highest BCUT2D eigenvalue weighted by Crippen LogP contribution is 2.23. The van der Waals surface area contributed by atoms with Gasteiger partial charge in [-0.2, -0.15) is 5.10 Å². The molecule has 4 rings (SSSR count). The van der Waals surface area contributed by atoms with Crippen molar-refractivity contribution in [3.05, 3.63) is 76.8 Å². The second-order valence-electron chi connectivity index (χ2n) is 5.93. The number of benzene rings is 3. The maximum absolute atomic E-state index is 5.89. The van der Waals surface area contributed by atoms with E-state index in [4.69, 9.17) is 23.8 Å². The van der Waals surface area contributed by atoms with Crippen LogP contribution in [0.2, 0.25) is 5.02 Å². The van der Waals surface area contributed by atoms with Crippen LogP contribution >= 0.6 is 35.2 Å². The van der Waals surface area contributed by atoms with Crippen molar-refractivity contribution in [1.29, 1.82) is 0 Å². The van der Waals surface area contributed by atoms with Crippen LogP contribution in [0.1, 0.15) is 5.01 Å². The van der Waals surface area contributed by atoms with Crippen molar-refractivity contribution in [3.63, 3.8) is 0 Å². The molecule has 6 nitrogen and oxygen atoms in total. The van der Waals surface area contributed by atoms with Crippen LogP contribution in [0, 0.1) is 0 Å². The molecule has 0 unspecified atom stereocenters. The highest BCUT2D eigenvalue weighted by Gasteiger charge is 2.04. The van der Waals surface area contributed by atoms with Crippen molar-refractivity contribution < 1.29 is 0 Å². The van der Waals surface area contributed by atoms with Crippen LogP contribution in [-0.2, 0) is 0 Å². The van der Waals surface area contributed by atoms with E-state index < -0.39 is 0 Å². The van der Waals surface area contributed by atoms with E-state index in [2.05, 4.69) is 43.5 Å². The van der Waals surface area contributed by atoms with Gasteiger partial charge in [-0.1, -0.05) is 59.3 Å². The number of hydrogen-bond acceptors (Lipinski definition) is 6. The zero-order valence-corrected chi connectivity index (χ0v) is 17.4. The van der Waals surface area contributed by atoms with Crippen molar-refractivity contribution in [3.8, 4) is 0 Å². The number of rotatable bonds is 5. The number of nitrogens with one attached hydrogen (secondary N) is 3. The number of hydrazone groups is 1. The second kappa shape index (κ2) is 8.95. The maximum Gasteiger partial charge on any atom is 0.210 e. The zero-order valence-electron chi connectivity index (χ0n) is 15.0. The number of nitrogens with zero attached hydrogens (tertiary/aromatic N) is 3. The Balaban J connectivity index is 1.34. The average Bonchev–Trinajstić information content (AvgIpc) is 3.17. The summed E-state index contributed by atoms with van der Waals surface area (Å²) in [6.07, 6.45) is 1.57. The van der Waals surface area contributed by atoms with Crippen molar-refractivity contribution in [2.75, 3.05) is 10.6 Å². The Bertz CT molecular complexity index is 1170. The molecular weight excluding hydrogens is 424 g/mol. The molecule has 0 aliphatic carbocycles. The Labute approximate surface area is 181 Å². The Morgan fingerprint density at radius 2 is 1.79 bits per heavy atom. The van der Waals surface area contributed by atoms with Gasteiger partial charge in [-0.25, -0.2) is 0 Å². The minimum Gasteiger partial charge on any atom is -0.331 e. The molecule has 0 fully saturated rings. The molecule has 3 aromatic carbocycles. The van der Waals surface area contributed by atoms with Crippen LogP contribution in [0.4, 0.5) is 16.5 Å². The van der Waals surface area contributed by atoms with Gasteiger partial charge in [0.15, 0.2) is 10.1 Å². The number of aromatic nitrogens is 2. The van der Waals surface area contributed by atoms with Crippen LogP contribution in [0.25, 0.3) is 10.8 Å². The van der Waals surface area contributed by atoms with E-state index >= 15 is 0 Å². The Morgan fingerprint density at radius 3 is 2.66 bits per heavy atom. The van der Waals surface area contributed by atoms with Crippen molar-refractivity contribution in [2.45, 2.75) is 0 Å². The maximum atomic E-state index is 5.89. The van der Waals surface area contributed by atoms with E-state index in [1.165, 1.54) is 11.3 Å². The first-order valence-corrected chi connectivity index (χ1v) is 10.2. The van der Waals surface area contributed by atoms with Gasteiger partial charge in [-0.3, -0.25) is 5.43 Å². The quantitative estimate of drug-likeness (QED) is 0.220. The normalized spacial score (nSPS) is 10.9. The minimum atomic E-state index is 0.390. The lowest BCUT2D eigenvalue weighted by atomic mass is 10.1. The molecular formula is C20H15ClN6S2. The Morgan fingerprint density at radius 1 is 1.00 bits per heavy atom. The summed E-state index contributed by atoms with van der Waals surface area (Å²) < 4.78 is 0. The molecule has 0 saturated carbocycles. The molecule has 0 atom stereocenters. The minimum absolute atomic E-state index is 0.390. The Kier molecular flexibility index (Phi) is 5.95. The summed E-state index contributed by atoms with van der Waals surface area (Å²) in [5, 5.41) is 23.2. The molecule has 144 valence electrons. The first kappa shape index (κ1) is 19.3. The fourth-order valence-corrected chi connectivity index (χ4v) is 3.55. The standard InChI is InChI=1S/C20H15ClN6S2/c21-14-8-10-15(11-9-14)23-20-27-25-18(29-20)12-22-26-19(28)24-17-7-3-5-13-4-1-2-6-16(13)17/h1-12H,(H,23,27)(H2,24,26,28)/b22-12+. The topological polar surface area (TPSA) is 74.2 Å². The third-order valence-corrected chi connectivity index (χ3v) is 5.13. The van der Waals surface area contributed by atoms with Gasteiger partial charge in [0, 0.05) is 21.8 Å². The fraction of sp³-hybridized carbons (Fsp3) is 0. The second-order valence-corrected chi connectivity index (χ2v) is 7.78. The van der Waals surface area contributed by atoms with Gasteiger partial charge in [-0.15, -0.1) is 10.2 Å². The highest BCUT2D eigenvalue weighted by atomic mass is 35.5. The molecule has 1 aromatic heterocycles. The SMILES string of the molecule is S=C(N/N=C/c1nnc(Nc2ccc(Cl)cc2)s1)Nc1cccc2ccccc12. The van der Waals surface area contributed by atoms with Gasteiger partial charge >= 0.3 is 0 Å². The summed E-state index contributed by atoms with van der Waals surface area (Å²) in [5.41, 5.74) is 4.60. The molecule has 0 saturated heterocycles. The van der Waals surface area contributed by atoms with Gasteiger partial charge in [-0.05, 0) is 47.9 Å². The zero-order chi connectivity index (χ0) is 20.1. The highest BCUT2D eigenvalue weighted by molar-refractivity contribution is 7.80. The van der Waals surface area contributed by atoms with Crippen LogP contribution in [-0.4, -0.2) is 21.5 Å². The van der Waals surface area contributed by atoms with Crippen molar-refractivity contribution >= 4 is 73.8 Å². The predicted molar refractivity (Wildman–Crippen MR) is 126 cm³/mol. The summed E-state index contributed by atoms with van der Waals surface area (Å²) >= 11 is 12.6. The summed E-state index contributed by atoms with van der Waals surface area (Å²) in [7, 11) is 0. The van der Waals surface area contributed by atoms with E-state index in [0.29, 0.717) is 20.3 Å². The van der Waals surface area contributed by atoms with E-state index in [0.717, 1.165) is 22.1 Å². The number of anilines is 3. The van der Waals surface area contributed by atoms with E-state index in [1.807, 2.05) is 42.5 Å². The van der Waals surface area contributed by atoms with Crippen LogP contribution in [0.15, 0.2) is 71.8 Å². The van der Waals surface area contributed by atoms with Gasteiger partial charge < -0.3 is 10.6 Å². The van der Waals surface area contributed by atoms with Gasteiger partial charge in [0.2, 0.25) is 5.13 Å². The molecule has 3 N–H and O–H groups in total. The van der Waals surface area contributed by atoms with Gasteiger partial charge in [0.1, 0.15) is 0 Å². The molecule has 4 aromatic rings. The third kappa shape index (κ3) is 5.05. The summed E-state index contributed by atoms with van der Waals surface area (Å²) in [5.74, 6) is 0. The molecule has 0 spiro atoms. The number of thiocarbonyl (C=S) groups is 1. The molecule has 0 radical (unpaired) electrons. The molecule has 0 aliphatic rings. The van der Waals surface area contributed by atoms with Gasteiger partial charge in [0.25, 0.3) is 0 Å². The Hall–Kier alpha value is -3.07. The molecule has 29 heavy (non-hydrogen) atoms. The molecule has 1 heterocycles. The lowest BCUT2D eigenvalue weighted by Gasteiger charge is -2.09. The predicted octanol–water partition coefficient (Wildman–Crippen LogP) is 5.41. The van der Waals surface area contributed by atoms with Crippen LogP contribution in [0.5, 0.6) is 0 Å². The molecule has 9 heteroatoms. The van der Waals surface area contributed by atoms with E-state index in [-0.39, 0.29) is 0 Å². The monoisotopic (exact) mass is 438 g/mol. The first-order valence-electron chi connectivity index (χ1n) is 8.61. The number of hydrogen-bond donors (Lipinski definition) is 3. The first-order chi connectivity index (χ1) is 14.2. The molecule has 0 bridgehead atoms. The van der Waals surface area contributed by atoms with Gasteiger partial charge in [0.05, 0.1) is 6.21 Å². The van der Waals surface area contributed by atoms with Crippen LogP contribution < -0.4 is 16.1 Å². The molecule has 0 aliphatic heterocycles.